The van der Waals surface area contributed by atoms with Crippen molar-refractivity contribution in [3.8, 4) is 11.8 Å². The summed E-state index contributed by atoms with van der Waals surface area (Å²) in [6.45, 7) is 0.367. The fourth-order valence-electron chi connectivity index (χ4n) is 1.45. The second-order valence-electron chi connectivity index (χ2n) is 3.67. The minimum Gasteiger partial charge on any atom is -0.487 e. The molecule has 4 heteroatoms. The van der Waals surface area contributed by atoms with Gasteiger partial charge in [-0.3, -0.25) is 0 Å². The second-order valence-corrected chi connectivity index (χ2v) is 4.54. The van der Waals surface area contributed by atoms with Gasteiger partial charge >= 0.3 is 0 Å². The van der Waals surface area contributed by atoms with Crippen molar-refractivity contribution in [2.75, 3.05) is 0 Å². The highest BCUT2D eigenvalue weighted by Crippen LogP contribution is 2.23. The molecule has 2 rings (SSSR count). The summed E-state index contributed by atoms with van der Waals surface area (Å²) in [6.07, 6.45) is 0. The molecule has 2 nitrogen and oxygen atoms in total. The predicted molar refractivity (Wildman–Crippen MR) is 72.0 cm³/mol. The first-order valence-electron chi connectivity index (χ1n) is 5.26. The van der Waals surface area contributed by atoms with Gasteiger partial charge in [-0.15, -0.1) is 0 Å². The van der Waals surface area contributed by atoms with E-state index in [9.17, 15) is 0 Å². The summed E-state index contributed by atoms with van der Waals surface area (Å²) >= 11 is 11.7. The average Bonchev–Trinajstić information content (AvgIpc) is 2.38. The first-order chi connectivity index (χ1) is 8.69. The first kappa shape index (κ1) is 12.8. The van der Waals surface area contributed by atoms with Gasteiger partial charge in [-0.1, -0.05) is 35.3 Å². The van der Waals surface area contributed by atoms with Crippen LogP contribution in [0.3, 0.4) is 0 Å². The Hall–Kier alpha value is -1.69. The molecule has 0 N–H and O–H groups in total. The third kappa shape index (κ3) is 3.16. The zero-order valence-electron chi connectivity index (χ0n) is 9.36. The summed E-state index contributed by atoms with van der Waals surface area (Å²) in [5.74, 6) is 0.486. The highest BCUT2D eigenvalue weighted by molar-refractivity contribution is 6.30. The maximum absolute atomic E-state index is 8.95. The number of hydrogen-bond donors (Lipinski definition) is 0. The van der Waals surface area contributed by atoms with Gasteiger partial charge in [0.1, 0.15) is 18.4 Å². The van der Waals surface area contributed by atoms with E-state index in [0.717, 1.165) is 5.56 Å². The molecule has 0 aliphatic rings. The summed E-state index contributed by atoms with van der Waals surface area (Å²) in [7, 11) is 0. The third-order valence-electron chi connectivity index (χ3n) is 2.37. The zero-order valence-corrected chi connectivity index (χ0v) is 10.9. The Morgan fingerprint density at radius 2 is 1.67 bits per heavy atom. The van der Waals surface area contributed by atoms with Crippen LogP contribution >= 0.6 is 23.2 Å². The number of nitriles is 1. The molecule has 0 spiro atoms. The van der Waals surface area contributed by atoms with Crippen molar-refractivity contribution in [1.29, 1.82) is 5.26 Å². The molecule has 0 unspecified atom stereocenters. The molecule has 0 amide bonds. The van der Waals surface area contributed by atoms with Crippen LogP contribution in [-0.2, 0) is 6.61 Å². The number of benzene rings is 2. The topological polar surface area (TPSA) is 33.0 Å². The molecule has 0 heterocycles. The molecule has 0 radical (unpaired) electrons. The third-order valence-corrected chi connectivity index (χ3v) is 2.86. The van der Waals surface area contributed by atoms with Crippen LogP contribution in [0.5, 0.6) is 5.75 Å². The van der Waals surface area contributed by atoms with Crippen LogP contribution < -0.4 is 4.74 Å². The minimum atomic E-state index is 0.367. The van der Waals surface area contributed by atoms with Gasteiger partial charge < -0.3 is 4.74 Å². The first-order valence-corrected chi connectivity index (χ1v) is 6.01. The van der Waals surface area contributed by atoms with Crippen molar-refractivity contribution >= 4 is 23.2 Å². The summed E-state index contributed by atoms with van der Waals surface area (Å²) < 4.78 is 5.58. The summed E-state index contributed by atoms with van der Waals surface area (Å²) in [5, 5.41) is 10.2. The van der Waals surface area contributed by atoms with E-state index < -0.39 is 0 Å². The highest BCUT2D eigenvalue weighted by atomic mass is 35.5. The summed E-state index contributed by atoms with van der Waals surface area (Å²) in [4.78, 5) is 0. The van der Waals surface area contributed by atoms with E-state index in [4.69, 9.17) is 33.2 Å². The lowest BCUT2D eigenvalue weighted by Gasteiger charge is -2.08. The number of rotatable bonds is 3. The SMILES string of the molecule is N#Cc1ccc(Cl)cc1OCc1ccc(Cl)cc1. The molecule has 0 aliphatic carbocycles. The lowest BCUT2D eigenvalue weighted by atomic mass is 10.2. The molecule has 0 bridgehead atoms. The Bertz CT molecular complexity index is 588. The minimum absolute atomic E-state index is 0.367. The molecular weight excluding hydrogens is 269 g/mol. The van der Waals surface area contributed by atoms with Gasteiger partial charge in [0.15, 0.2) is 0 Å². The van der Waals surface area contributed by atoms with E-state index in [1.807, 2.05) is 12.1 Å². The monoisotopic (exact) mass is 277 g/mol. The zero-order chi connectivity index (χ0) is 13.0. The predicted octanol–water partition coefficient (Wildman–Crippen LogP) is 4.44. The van der Waals surface area contributed by atoms with Crippen LogP contribution in [0.15, 0.2) is 42.5 Å². The normalized spacial score (nSPS) is 9.83. The van der Waals surface area contributed by atoms with Gasteiger partial charge in [-0.2, -0.15) is 5.26 Å². The molecule has 2 aromatic rings. The van der Waals surface area contributed by atoms with Gasteiger partial charge in [0.25, 0.3) is 0 Å². The molecule has 0 aliphatic heterocycles. The van der Waals surface area contributed by atoms with E-state index in [1.54, 1.807) is 30.3 Å². The Morgan fingerprint density at radius 3 is 2.33 bits per heavy atom. The molecule has 0 saturated heterocycles. The Morgan fingerprint density at radius 1 is 1.00 bits per heavy atom. The van der Waals surface area contributed by atoms with E-state index in [-0.39, 0.29) is 0 Å². The van der Waals surface area contributed by atoms with Gasteiger partial charge in [0, 0.05) is 16.1 Å². The fourth-order valence-corrected chi connectivity index (χ4v) is 1.74. The van der Waals surface area contributed by atoms with E-state index in [2.05, 4.69) is 6.07 Å². The van der Waals surface area contributed by atoms with Gasteiger partial charge in [0.2, 0.25) is 0 Å². The molecule has 0 atom stereocenters. The molecule has 90 valence electrons. The average molecular weight is 278 g/mol. The number of ether oxygens (including phenoxy) is 1. The maximum Gasteiger partial charge on any atom is 0.139 e. The smallest absolute Gasteiger partial charge is 0.139 e. The molecular formula is C14H9Cl2NO. The van der Waals surface area contributed by atoms with E-state index in [1.165, 1.54) is 0 Å². The molecule has 2 aromatic carbocycles. The Labute approximate surface area is 115 Å². The van der Waals surface area contributed by atoms with Crippen molar-refractivity contribution in [1.82, 2.24) is 0 Å². The van der Waals surface area contributed by atoms with Crippen molar-refractivity contribution in [2.45, 2.75) is 6.61 Å². The number of halogens is 2. The second kappa shape index (κ2) is 5.77. The van der Waals surface area contributed by atoms with Gasteiger partial charge in [-0.05, 0) is 29.8 Å². The quantitative estimate of drug-likeness (QED) is 0.831. The maximum atomic E-state index is 8.95. The van der Waals surface area contributed by atoms with Crippen LogP contribution in [0.4, 0.5) is 0 Å². The van der Waals surface area contributed by atoms with Crippen molar-refractivity contribution in [3.05, 3.63) is 63.6 Å². The van der Waals surface area contributed by atoms with Crippen LogP contribution in [0.25, 0.3) is 0 Å². The number of hydrogen-bond acceptors (Lipinski definition) is 2. The summed E-state index contributed by atoms with van der Waals surface area (Å²) in [5.41, 5.74) is 1.44. The molecule has 0 aromatic heterocycles. The van der Waals surface area contributed by atoms with E-state index in [0.29, 0.717) is 28.0 Å². The highest BCUT2D eigenvalue weighted by Gasteiger charge is 2.04. The Kier molecular flexibility index (Phi) is 4.09. The van der Waals surface area contributed by atoms with Crippen LogP contribution in [0.1, 0.15) is 11.1 Å². The number of nitrogens with zero attached hydrogens (tertiary/aromatic N) is 1. The standard InChI is InChI=1S/C14H9Cl2NO/c15-12-4-1-10(2-5-12)9-18-14-7-13(16)6-3-11(14)8-17/h1-7H,9H2. The van der Waals surface area contributed by atoms with Crippen molar-refractivity contribution in [2.24, 2.45) is 0 Å². The molecule has 18 heavy (non-hydrogen) atoms. The van der Waals surface area contributed by atoms with Crippen LogP contribution in [0.2, 0.25) is 10.0 Å². The molecule has 0 fully saturated rings. The van der Waals surface area contributed by atoms with Crippen LogP contribution in [0, 0.1) is 11.3 Å². The summed E-state index contributed by atoms with van der Waals surface area (Å²) in [6, 6.07) is 14.3. The van der Waals surface area contributed by atoms with E-state index >= 15 is 0 Å². The van der Waals surface area contributed by atoms with Gasteiger partial charge in [0.05, 0.1) is 5.56 Å². The molecule has 0 saturated carbocycles. The van der Waals surface area contributed by atoms with Crippen molar-refractivity contribution < 1.29 is 4.74 Å². The lowest BCUT2D eigenvalue weighted by Crippen LogP contribution is -1.97. The largest absolute Gasteiger partial charge is 0.487 e. The van der Waals surface area contributed by atoms with Crippen LogP contribution in [-0.4, -0.2) is 0 Å². The van der Waals surface area contributed by atoms with Gasteiger partial charge in [-0.25, -0.2) is 0 Å². The van der Waals surface area contributed by atoms with Crippen molar-refractivity contribution in [3.63, 3.8) is 0 Å². The fraction of sp³-hybridized carbons (Fsp3) is 0.0714. The Balaban J connectivity index is 2.13. The lowest BCUT2D eigenvalue weighted by molar-refractivity contribution is 0.305.